The van der Waals surface area contributed by atoms with Gasteiger partial charge in [-0.05, 0) is 43.2 Å². The van der Waals surface area contributed by atoms with E-state index >= 15 is 0 Å². The van der Waals surface area contributed by atoms with Gasteiger partial charge in [-0.15, -0.1) is 0 Å². The first-order valence-corrected chi connectivity index (χ1v) is 11.0. The molecule has 8 heteroatoms. The Balaban J connectivity index is 1.54. The Morgan fingerprint density at radius 3 is 2.64 bits per heavy atom. The van der Waals surface area contributed by atoms with Gasteiger partial charge in [0.2, 0.25) is 5.91 Å². The van der Waals surface area contributed by atoms with Crippen molar-refractivity contribution in [2.45, 2.75) is 26.3 Å². The number of ether oxygens (including phenoxy) is 1. The van der Waals surface area contributed by atoms with Crippen LogP contribution < -0.4 is 15.6 Å². The van der Waals surface area contributed by atoms with Crippen LogP contribution in [0.4, 0.5) is 0 Å². The van der Waals surface area contributed by atoms with Gasteiger partial charge in [0, 0.05) is 47.9 Å². The van der Waals surface area contributed by atoms with E-state index in [4.69, 9.17) is 16.3 Å². The number of fused-ring (bicyclic) bond motifs is 1. The zero-order valence-electron chi connectivity index (χ0n) is 18.8. The van der Waals surface area contributed by atoms with Crippen LogP contribution in [0.1, 0.15) is 23.2 Å². The number of carbonyl (C=O) groups is 1. The summed E-state index contributed by atoms with van der Waals surface area (Å²) in [5.41, 5.74) is 4.37. The number of aromatic nitrogens is 3. The standard InChI is InChI=1S/C25H25ClN4O3/c1-16-21(11-12-23(31)27-15-17-7-9-19(26)10-8-17)25(32)30-24(29(16)2)14-22(28-30)18-5-4-6-20(13-18)33-3/h4-10,13-14H,11-12,15H2,1-3H3,(H,27,31). The normalized spacial score (nSPS) is 11.0. The third-order valence-electron chi connectivity index (χ3n) is 5.80. The molecule has 1 N–H and O–H groups in total. The van der Waals surface area contributed by atoms with Crippen molar-refractivity contribution in [2.75, 3.05) is 7.11 Å². The molecule has 0 atom stereocenters. The lowest BCUT2D eigenvalue weighted by Gasteiger charge is -2.12. The van der Waals surface area contributed by atoms with Gasteiger partial charge < -0.3 is 14.6 Å². The summed E-state index contributed by atoms with van der Waals surface area (Å²) in [5.74, 6) is 0.599. The number of rotatable bonds is 7. The molecule has 0 aliphatic rings. The minimum absolute atomic E-state index is 0.121. The molecule has 0 spiro atoms. The summed E-state index contributed by atoms with van der Waals surface area (Å²) in [6.45, 7) is 2.30. The molecule has 1 amide bonds. The summed E-state index contributed by atoms with van der Waals surface area (Å²) in [6, 6.07) is 16.7. The molecule has 0 aliphatic carbocycles. The molecule has 0 fully saturated rings. The maximum atomic E-state index is 13.2. The lowest BCUT2D eigenvalue weighted by atomic mass is 10.1. The lowest BCUT2D eigenvalue weighted by Crippen LogP contribution is -2.27. The van der Waals surface area contributed by atoms with Crippen LogP contribution in [0.15, 0.2) is 59.4 Å². The van der Waals surface area contributed by atoms with Gasteiger partial charge in [-0.25, -0.2) is 0 Å². The summed E-state index contributed by atoms with van der Waals surface area (Å²) in [7, 11) is 3.50. The van der Waals surface area contributed by atoms with Gasteiger partial charge in [0.25, 0.3) is 5.56 Å². The minimum Gasteiger partial charge on any atom is -0.497 e. The van der Waals surface area contributed by atoms with Crippen LogP contribution in [0.2, 0.25) is 5.02 Å². The summed E-state index contributed by atoms with van der Waals surface area (Å²) >= 11 is 5.89. The molecule has 0 saturated heterocycles. The highest BCUT2D eigenvalue weighted by atomic mass is 35.5. The molecule has 2 aromatic heterocycles. The summed E-state index contributed by atoms with van der Waals surface area (Å²) in [6.07, 6.45) is 0.536. The highest BCUT2D eigenvalue weighted by molar-refractivity contribution is 6.30. The number of aryl methyl sites for hydroxylation is 1. The average molecular weight is 465 g/mol. The Bertz CT molecular complexity index is 1370. The summed E-state index contributed by atoms with van der Waals surface area (Å²) in [5, 5.41) is 8.09. The van der Waals surface area contributed by atoms with Crippen LogP contribution in [0.5, 0.6) is 5.75 Å². The zero-order chi connectivity index (χ0) is 23.5. The highest BCUT2D eigenvalue weighted by Gasteiger charge is 2.17. The Labute approximate surface area is 196 Å². The van der Waals surface area contributed by atoms with Gasteiger partial charge in [0.05, 0.1) is 12.8 Å². The quantitative estimate of drug-likeness (QED) is 0.449. The molecule has 2 aromatic carbocycles. The second-order valence-electron chi connectivity index (χ2n) is 7.86. The van der Waals surface area contributed by atoms with Crippen molar-refractivity contribution >= 4 is 23.2 Å². The van der Waals surface area contributed by atoms with Crippen molar-refractivity contribution in [3.63, 3.8) is 0 Å². The number of benzene rings is 2. The Kier molecular flexibility index (Phi) is 6.51. The molecule has 4 rings (SSSR count). The van der Waals surface area contributed by atoms with E-state index in [1.165, 1.54) is 4.52 Å². The van der Waals surface area contributed by atoms with E-state index in [-0.39, 0.29) is 17.9 Å². The fourth-order valence-corrected chi connectivity index (χ4v) is 3.88. The molecule has 170 valence electrons. The predicted molar refractivity (Wildman–Crippen MR) is 129 cm³/mol. The highest BCUT2D eigenvalue weighted by Crippen LogP contribution is 2.24. The molecule has 7 nitrogen and oxygen atoms in total. The van der Waals surface area contributed by atoms with Gasteiger partial charge in [0.1, 0.15) is 11.4 Å². The molecule has 0 bridgehead atoms. The van der Waals surface area contributed by atoms with Crippen molar-refractivity contribution < 1.29 is 9.53 Å². The Morgan fingerprint density at radius 2 is 1.91 bits per heavy atom. The molecule has 0 unspecified atom stereocenters. The largest absolute Gasteiger partial charge is 0.497 e. The van der Waals surface area contributed by atoms with Crippen molar-refractivity contribution in [1.82, 2.24) is 19.5 Å². The lowest BCUT2D eigenvalue weighted by molar-refractivity contribution is -0.121. The number of nitrogens with one attached hydrogen (secondary N) is 1. The number of methoxy groups -OCH3 is 1. The van der Waals surface area contributed by atoms with Gasteiger partial charge >= 0.3 is 0 Å². The van der Waals surface area contributed by atoms with Crippen LogP contribution >= 0.6 is 11.6 Å². The maximum absolute atomic E-state index is 13.2. The molecule has 33 heavy (non-hydrogen) atoms. The van der Waals surface area contributed by atoms with Crippen molar-refractivity contribution in [3.05, 3.63) is 86.8 Å². The van der Waals surface area contributed by atoms with Crippen LogP contribution in [0.3, 0.4) is 0 Å². The molecule has 0 aliphatic heterocycles. The maximum Gasteiger partial charge on any atom is 0.277 e. The number of halogens is 1. The minimum atomic E-state index is -0.208. The number of nitrogens with zero attached hydrogens (tertiary/aromatic N) is 3. The molecule has 4 aromatic rings. The van der Waals surface area contributed by atoms with Gasteiger partial charge in [-0.1, -0.05) is 35.9 Å². The SMILES string of the molecule is COc1cccc(-c2cc3n(C)c(C)c(CCC(=O)NCc4ccc(Cl)cc4)c(=O)n3n2)c1. The van der Waals surface area contributed by atoms with E-state index in [0.717, 1.165) is 22.6 Å². The molecule has 2 heterocycles. The smallest absolute Gasteiger partial charge is 0.277 e. The van der Waals surface area contributed by atoms with Crippen molar-refractivity contribution in [3.8, 4) is 17.0 Å². The van der Waals surface area contributed by atoms with E-state index in [2.05, 4.69) is 10.4 Å². The van der Waals surface area contributed by atoms with E-state index in [1.807, 2.05) is 61.0 Å². The predicted octanol–water partition coefficient (Wildman–Crippen LogP) is 3.92. The van der Waals surface area contributed by atoms with Gasteiger partial charge in [-0.3, -0.25) is 9.59 Å². The van der Waals surface area contributed by atoms with Crippen LogP contribution in [-0.2, 0) is 24.8 Å². The Morgan fingerprint density at radius 1 is 1.15 bits per heavy atom. The van der Waals surface area contributed by atoms with Gasteiger partial charge in [-0.2, -0.15) is 9.61 Å². The first-order valence-electron chi connectivity index (χ1n) is 10.6. The van der Waals surface area contributed by atoms with Gasteiger partial charge in [0.15, 0.2) is 0 Å². The fraction of sp³-hybridized carbons (Fsp3) is 0.240. The second-order valence-corrected chi connectivity index (χ2v) is 8.30. The zero-order valence-corrected chi connectivity index (χ0v) is 19.5. The van der Waals surface area contributed by atoms with E-state index < -0.39 is 0 Å². The Hall–Kier alpha value is -3.58. The van der Waals surface area contributed by atoms with Crippen molar-refractivity contribution in [2.24, 2.45) is 7.05 Å². The van der Waals surface area contributed by atoms with E-state index in [1.54, 1.807) is 19.2 Å². The molecular formula is C25H25ClN4O3. The summed E-state index contributed by atoms with van der Waals surface area (Å²) < 4.78 is 8.63. The second kappa shape index (κ2) is 9.50. The number of carbonyl (C=O) groups excluding carboxylic acids is 1. The fourth-order valence-electron chi connectivity index (χ4n) is 3.76. The third kappa shape index (κ3) is 4.78. The molecule has 0 saturated carbocycles. The number of amides is 1. The average Bonchev–Trinajstić information content (AvgIpc) is 3.28. The first-order chi connectivity index (χ1) is 15.9. The van der Waals surface area contributed by atoms with Crippen molar-refractivity contribution in [1.29, 1.82) is 0 Å². The van der Waals surface area contributed by atoms with E-state index in [0.29, 0.717) is 34.9 Å². The number of hydrogen-bond acceptors (Lipinski definition) is 4. The molecular weight excluding hydrogens is 440 g/mol. The van der Waals surface area contributed by atoms with Crippen LogP contribution in [0, 0.1) is 6.92 Å². The first kappa shape index (κ1) is 22.6. The topological polar surface area (TPSA) is 77.6 Å². The van der Waals surface area contributed by atoms with Crippen LogP contribution in [0.25, 0.3) is 16.9 Å². The third-order valence-corrected chi connectivity index (χ3v) is 6.05. The molecule has 0 radical (unpaired) electrons. The monoisotopic (exact) mass is 464 g/mol. The number of hydrogen-bond donors (Lipinski definition) is 1. The summed E-state index contributed by atoms with van der Waals surface area (Å²) in [4.78, 5) is 25.6. The van der Waals surface area contributed by atoms with Crippen LogP contribution in [-0.4, -0.2) is 27.2 Å². The van der Waals surface area contributed by atoms with E-state index in [9.17, 15) is 9.59 Å².